The number of nitrogens with one attached hydrogen (secondary N) is 1. The van der Waals surface area contributed by atoms with Gasteiger partial charge in [0, 0.05) is 0 Å². The van der Waals surface area contributed by atoms with Crippen LogP contribution >= 0.6 is 0 Å². The van der Waals surface area contributed by atoms with Gasteiger partial charge in [-0.15, -0.1) is 0 Å². The van der Waals surface area contributed by atoms with E-state index in [9.17, 15) is 40.5 Å². The molecule has 0 aliphatic carbocycles. The number of aliphatic hydroxyl groups is 7. The summed E-state index contributed by atoms with van der Waals surface area (Å²) in [5.41, 5.74) is 0. The van der Waals surface area contributed by atoms with Crippen LogP contribution in [0, 0.1) is 0 Å². The average Bonchev–Trinajstić information content (AvgIpc) is 3.08. The van der Waals surface area contributed by atoms with E-state index in [2.05, 4.69) is 19.2 Å². The molecule has 1 heterocycles. The van der Waals surface area contributed by atoms with Crippen LogP contribution in [0.5, 0.6) is 0 Å². The van der Waals surface area contributed by atoms with E-state index in [-0.39, 0.29) is 6.42 Å². The summed E-state index contributed by atoms with van der Waals surface area (Å²) < 4.78 is 11.0. The third-order valence-corrected chi connectivity index (χ3v) is 9.66. The molecule has 1 amide bonds. The van der Waals surface area contributed by atoms with Crippen LogP contribution in [0.2, 0.25) is 0 Å². The number of aliphatic hydroxyl groups excluding tert-OH is 7. The van der Waals surface area contributed by atoms with Crippen LogP contribution in [0.15, 0.2) is 0 Å². The third kappa shape index (κ3) is 19.5. The molecular weight excluding hydrogens is 618 g/mol. The van der Waals surface area contributed by atoms with Crippen LogP contribution in [0.3, 0.4) is 0 Å². The van der Waals surface area contributed by atoms with Gasteiger partial charge in [0.1, 0.15) is 36.6 Å². The summed E-state index contributed by atoms with van der Waals surface area (Å²) in [4.78, 5) is 12.9. The largest absolute Gasteiger partial charge is 0.394 e. The topological polar surface area (TPSA) is 189 Å². The molecule has 9 unspecified atom stereocenters. The van der Waals surface area contributed by atoms with E-state index in [4.69, 9.17) is 9.47 Å². The molecule has 0 radical (unpaired) electrons. The SMILES string of the molecule is CCCCCCCCCCCCCCCCC(O)C(=O)NC(COC1OC(CO)C(O)C(O)C1O)C(O)C(O)CCCCCCCCC. The quantitative estimate of drug-likeness (QED) is 0.0485. The molecule has 8 N–H and O–H groups in total. The van der Waals surface area contributed by atoms with Crippen molar-refractivity contribution in [1.82, 2.24) is 5.32 Å². The zero-order chi connectivity index (χ0) is 35.6. The number of amides is 1. The first-order chi connectivity index (χ1) is 23.2. The Hall–Kier alpha value is -0.890. The van der Waals surface area contributed by atoms with E-state index in [1.165, 1.54) is 77.0 Å². The highest BCUT2D eigenvalue weighted by Crippen LogP contribution is 2.23. The van der Waals surface area contributed by atoms with Gasteiger partial charge in [0.05, 0.1) is 25.4 Å². The highest BCUT2D eigenvalue weighted by Gasteiger charge is 2.44. The van der Waals surface area contributed by atoms with E-state index in [1.54, 1.807) is 0 Å². The van der Waals surface area contributed by atoms with Crippen molar-refractivity contribution in [2.45, 2.75) is 217 Å². The number of carbonyl (C=O) groups excluding carboxylic acids is 1. The lowest BCUT2D eigenvalue weighted by atomic mass is 9.98. The molecular formula is C37H73NO10. The second-order valence-corrected chi connectivity index (χ2v) is 14.0. The van der Waals surface area contributed by atoms with Gasteiger partial charge in [0.15, 0.2) is 6.29 Å². The first kappa shape index (κ1) is 45.1. The van der Waals surface area contributed by atoms with Gasteiger partial charge in [0.25, 0.3) is 0 Å². The molecule has 286 valence electrons. The van der Waals surface area contributed by atoms with Gasteiger partial charge >= 0.3 is 0 Å². The second-order valence-electron chi connectivity index (χ2n) is 14.0. The molecule has 11 heteroatoms. The molecule has 0 spiro atoms. The Morgan fingerprint density at radius 3 is 1.54 bits per heavy atom. The van der Waals surface area contributed by atoms with Crippen molar-refractivity contribution in [2.75, 3.05) is 13.2 Å². The maximum Gasteiger partial charge on any atom is 0.249 e. The lowest BCUT2D eigenvalue weighted by molar-refractivity contribution is -0.303. The fourth-order valence-electron chi connectivity index (χ4n) is 6.32. The Labute approximate surface area is 290 Å². The molecule has 0 bridgehead atoms. The molecule has 1 aliphatic rings. The number of carbonyl (C=O) groups is 1. The van der Waals surface area contributed by atoms with Crippen molar-refractivity contribution in [3.8, 4) is 0 Å². The summed E-state index contributed by atoms with van der Waals surface area (Å²) in [5.74, 6) is -0.700. The average molecular weight is 692 g/mol. The van der Waals surface area contributed by atoms with Crippen LogP contribution in [-0.4, -0.2) is 110 Å². The highest BCUT2D eigenvalue weighted by atomic mass is 16.7. The maximum absolute atomic E-state index is 12.9. The molecule has 0 saturated carbocycles. The Morgan fingerprint density at radius 2 is 1.08 bits per heavy atom. The first-order valence-corrected chi connectivity index (χ1v) is 19.4. The minimum absolute atomic E-state index is 0.265. The number of ether oxygens (including phenoxy) is 2. The van der Waals surface area contributed by atoms with E-state index in [0.717, 1.165) is 44.9 Å². The molecule has 48 heavy (non-hydrogen) atoms. The van der Waals surface area contributed by atoms with Gasteiger partial charge in [-0.25, -0.2) is 0 Å². The van der Waals surface area contributed by atoms with Gasteiger partial charge in [-0.2, -0.15) is 0 Å². The molecule has 11 nitrogen and oxygen atoms in total. The molecule has 0 aromatic heterocycles. The summed E-state index contributed by atoms with van der Waals surface area (Å²) in [5, 5.41) is 74.9. The molecule has 0 aromatic rings. The van der Waals surface area contributed by atoms with Crippen molar-refractivity contribution < 1.29 is 50.0 Å². The van der Waals surface area contributed by atoms with Crippen LogP contribution in [0.25, 0.3) is 0 Å². The van der Waals surface area contributed by atoms with E-state index < -0.39 is 74.2 Å². The predicted octanol–water partition coefficient (Wildman–Crippen LogP) is 4.38. The minimum atomic E-state index is -1.65. The highest BCUT2D eigenvalue weighted by molar-refractivity contribution is 5.80. The van der Waals surface area contributed by atoms with Gasteiger partial charge in [-0.3, -0.25) is 4.79 Å². The van der Waals surface area contributed by atoms with Gasteiger partial charge in [0.2, 0.25) is 5.91 Å². The van der Waals surface area contributed by atoms with E-state index >= 15 is 0 Å². The van der Waals surface area contributed by atoms with Crippen molar-refractivity contribution in [1.29, 1.82) is 0 Å². The second kappa shape index (κ2) is 28.8. The Bertz CT molecular complexity index is 760. The third-order valence-electron chi connectivity index (χ3n) is 9.66. The summed E-state index contributed by atoms with van der Waals surface area (Å²) in [6.07, 6.45) is 13.3. The first-order valence-electron chi connectivity index (χ1n) is 19.4. The van der Waals surface area contributed by atoms with Gasteiger partial charge in [-0.05, 0) is 12.8 Å². The Morgan fingerprint density at radius 1 is 0.646 bits per heavy atom. The summed E-state index contributed by atoms with van der Waals surface area (Å²) in [6, 6.07) is -1.16. The zero-order valence-corrected chi connectivity index (χ0v) is 30.2. The minimum Gasteiger partial charge on any atom is -0.394 e. The number of hydrogen-bond donors (Lipinski definition) is 8. The van der Waals surface area contributed by atoms with Crippen molar-refractivity contribution in [3.63, 3.8) is 0 Å². The Kier molecular flexibility index (Phi) is 27.0. The van der Waals surface area contributed by atoms with Gasteiger partial charge < -0.3 is 50.5 Å². The fourth-order valence-corrected chi connectivity index (χ4v) is 6.32. The van der Waals surface area contributed by atoms with Crippen molar-refractivity contribution in [2.24, 2.45) is 0 Å². The van der Waals surface area contributed by atoms with Crippen LogP contribution in [-0.2, 0) is 14.3 Å². The standard InChI is InChI=1S/C37H73NO10/c1-3-5-7-9-11-12-13-14-15-16-17-19-21-23-25-30(41)36(46)38-28(32(42)29(40)24-22-20-18-10-8-6-4-2)27-47-37-35(45)34(44)33(43)31(26-39)48-37/h28-35,37,39-45H,3-27H2,1-2H3,(H,38,46). The molecule has 1 fully saturated rings. The number of hydrogen-bond acceptors (Lipinski definition) is 10. The molecule has 1 rings (SSSR count). The van der Waals surface area contributed by atoms with Crippen LogP contribution in [0.4, 0.5) is 0 Å². The molecule has 1 aliphatic heterocycles. The van der Waals surface area contributed by atoms with Crippen LogP contribution < -0.4 is 5.32 Å². The lowest BCUT2D eigenvalue weighted by Crippen LogP contribution is -2.60. The normalized spacial score (nSPS) is 23.9. The van der Waals surface area contributed by atoms with Crippen molar-refractivity contribution >= 4 is 5.91 Å². The zero-order valence-electron chi connectivity index (χ0n) is 30.2. The maximum atomic E-state index is 12.9. The summed E-state index contributed by atoms with van der Waals surface area (Å²) >= 11 is 0. The number of unbranched alkanes of at least 4 members (excludes halogenated alkanes) is 19. The molecule has 1 saturated heterocycles. The summed E-state index contributed by atoms with van der Waals surface area (Å²) in [7, 11) is 0. The number of rotatable bonds is 31. The summed E-state index contributed by atoms with van der Waals surface area (Å²) in [6.45, 7) is 3.35. The Balaban J connectivity index is 2.51. The lowest BCUT2D eigenvalue weighted by Gasteiger charge is -2.40. The molecule has 9 atom stereocenters. The van der Waals surface area contributed by atoms with Crippen molar-refractivity contribution in [3.05, 3.63) is 0 Å². The fraction of sp³-hybridized carbons (Fsp3) is 0.973. The molecule has 0 aromatic carbocycles. The van der Waals surface area contributed by atoms with E-state index in [0.29, 0.717) is 19.3 Å². The monoisotopic (exact) mass is 692 g/mol. The smallest absolute Gasteiger partial charge is 0.249 e. The van der Waals surface area contributed by atoms with Crippen LogP contribution in [0.1, 0.15) is 162 Å². The predicted molar refractivity (Wildman–Crippen MR) is 187 cm³/mol. The van der Waals surface area contributed by atoms with E-state index in [1.807, 2.05) is 0 Å². The van der Waals surface area contributed by atoms with Gasteiger partial charge in [-0.1, -0.05) is 149 Å².